The van der Waals surface area contributed by atoms with Gasteiger partial charge in [0.2, 0.25) is 0 Å². The van der Waals surface area contributed by atoms with E-state index in [9.17, 15) is 0 Å². The van der Waals surface area contributed by atoms with Gasteiger partial charge in [0.05, 0.1) is 6.10 Å². The number of rotatable bonds is 7. The molecule has 1 aromatic carbocycles. The van der Waals surface area contributed by atoms with Crippen LogP contribution < -0.4 is 10.1 Å². The van der Waals surface area contributed by atoms with Gasteiger partial charge in [0.1, 0.15) is 5.75 Å². The van der Waals surface area contributed by atoms with Crippen LogP contribution in [0, 0.1) is 6.92 Å². The van der Waals surface area contributed by atoms with Gasteiger partial charge in [0, 0.05) is 22.3 Å². The summed E-state index contributed by atoms with van der Waals surface area (Å²) in [4.78, 5) is 2.83. The molecule has 0 bridgehead atoms. The molecule has 1 aromatic heterocycles. The van der Waals surface area contributed by atoms with Crippen LogP contribution in [0.15, 0.2) is 36.4 Å². The average molecular weight is 303 g/mol. The summed E-state index contributed by atoms with van der Waals surface area (Å²) < 4.78 is 5.73. The highest BCUT2D eigenvalue weighted by molar-refractivity contribution is 7.11. The highest BCUT2D eigenvalue weighted by atomic mass is 32.1. The van der Waals surface area contributed by atoms with Crippen molar-refractivity contribution in [3.63, 3.8) is 0 Å². The van der Waals surface area contributed by atoms with Crippen molar-refractivity contribution in [1.82, 2.24) is 5.32 Å². The molecule has 1 heterocycles. The van der Waals surface area contributed by atoms with E-state index in [0.29, 0.717) is 6.04 Å². The molecule has 0 amide bonds. The quantitative estimate of drug-likeness (QED) is 0.809. The summed E-state index contributed by atoms with van der Waals surface area (Å²) in [5, 5.41) is 3.59. The van der Waals surface area contributed by atoms with Crippen molar-refractivity contribution in [3.8, 4) is 5.75 Å². The molecule has 0 aliphatic carbocycles. The lowest BCUT2D eigenvalue weighted by atomic mass is 10.1. The maximum absolute atomic E-state index is 5.73. The summed E-state index contributed by atoms with van der Waals surface area (Å²) in [6, 6.07) is 13.2. The molecule has 2 aromatic rings. The summed E-state index contributed by atoms with van der Waals surface area (Å²) in [5.41, 5.74) is 1.27. The summed E-state index contributed by atoms with van der Waals surface area (Å²) in [6.45, 7) is 9.38. The van der Waals surface area contributed by atoms with Gasteiger partial charge < -0.3 is 10.1 Å². The molecule has 0 aliphatic heterocycles. The van der Waals surface area contributed by atoms with E-state index in [0.717, 1.165) is 18.7 Å². The first-order valence-electron chi connectivity index (χ1n) is 7.57. The fraction of sp³-hybridized carbons (Fsp3) is 0.444. The Bertz CT molecular complexity index is 562. The molecule has 0 radical (unpaired) electrons. The molecule has 114 valence electrons. The molecule has 2 nitrogen and oxygen atoms in total. The second kappa shape index (κ2) is 7.62. The topological polar surface area (TPSA) is 21.3 Å². The Hall–Kier alpha value is -1.32. The van der Waals surface area contributed by atoms with Crippen molar-refractivity contribution >= 4 is 11.3 Å². The largest absolute Gasteiger partial charge is 0.491 e. The van der Waals surface area contributed by atoms with E-state index < -0.39 is 0 Å². The van der Waals surface area contributed by atoms with Crippen LogP contribution in [0.1, 0.15) is 36.1 Å². The number of hydrogen-bond acceptors (Lipinski definition) is 3. The molecule has 1 atom stereocenters. The Labute approximate surface area is 132 Å². The molecule has 1 unspecified atom stereocenters. The highest BCUT2D eigenvalue weighted by Gasteiger charge is 2.06. The van der Waals surface area contributed by atoms with E-state index in [2.05, 4.69) is 63.3 Å². The van der Waals surface area contributed by atoms with Crippen molar-refractivity contribution < 1.29 is 4.74 Å². The third-order valence-electron chi connectivity index (χ3n) is 3.23. The zero-order valence-corrected chi connectivity index (χ0v) is 14.2. The molecular weight excluding hydrogens is 278 g/mol. The Morgan fingerprint density at radius 1 is 1.14 bits per heavy atom. The molecule has 21 heavy (non-hydrogen) atoms. The van der Waals surface area contributed by atoms with Gasteiger partial charge >= 0.3 is 0 Å². The Morgan fingerprint density at radius 2 is 1.95 bits per heavy atom. The van der Waals surface area contributed by atoms with E-state index in [-0.39, 0.29) is 6.10 Å². The fourth-order valence-corrected chi connectivity index (χ4v) is 3.28. The van der Waals surface area contributed by atoms with Crippen molar-refractivity contribution in [3.05, 3.63) is 51.7 Å². The maximum Gasteiger partial charge on any atom is 0.120 e. The summed E-state index contributed by atoms with van der Waals surface area (Å²) >= 11 is 1.89. The fourth-order valence-electron chi connectivity index (χ4n) is 2.26. The van der Waals surface area contributed by atoms with Gasteiger partial charge in [-0.2, -0.15) is 0 Å². The normalized spacial score (nSPS) is 12.6. The zero-order chi connectivity index (χ0) is 15.2. The molecular formula is C18H25NOS. The number of hydrogen-bond donors (Lipinski definition) is 1. The maximum atomic E-state index is 5.73. The smallest absolute Gasteiger partial charge is 0.120 e. The van der Waals surface area contributed by atoms with Gasteiger partial charge in [-0.1, -0.05) is 12.1 Å². The van der Waals surface area contributed by atoms with Crippen LogP contribution in [0.4, 0.5) is 0 Å². The highest BCUT2D eigenvalue weighted by Crippen LogP contribution is 2.18. The molecule has 0 aliphatic rings. The van der Waals surface area contributed by atoms with Crippen LogP contribution in [0.2, 0.25) is 0 Å². The van der Waals surface area contributed by atoms with Gasteiger partial charge in [-0.25, -0.2) is 0 Å². The number of nitrogens with one attached hydrogen (secondary N) is 1. The number of thiophene rings is 1. The first-order valence-corrected chi connectivity index (χ1v) is 8.39. The number of aryl methyl sites for hydroxylation is 1. The van der Waals surface area contributed by atoms with Gasteiger partial charge in [0.25, 0.3) is 0 Å². The molecule has 3 heteroatoms. The monoisotopic (exact) mass is 303 g/mol. The second-order valence-corrected chi connectivity index (χ2v) is 7.18. The third-order valence-corrected chi connectivity index (χ3v) is 4.25. The van der Waals surface area contributed by atoms with Crippen molar-refractivity contribution in [2.75, 3.05) is 0 Å². The lowest BCUT2D eigenvalue weighted by Crippen LogP contribution is -2.27. The van der Waals surface area contributed by atoms with Crippen molar-refractivity contribution in [2.45, 2.75) is 52.8 Å². The van der Waals surface area contributed by atoms with E-state index >= 15 is 0 Å². The molecule has 0 spiro atoms. The van der Waals surface area contributed by atoms with E-state index in [1.807, 2.05) is 17.4 Å². The van der Waals surface area contributed by atoms with Crippen LogP contribution in [-0.4, -0.2) is 12.1 Å². The molecule has 0 saturated carbocycles. The molecule has 0 fully saturated rings. The first-order chi connectivity index (χ1) is 10.0. The van der Waals surface area contributed by atoms with E-state index in [1.54, 1.807) is 0 Å². The van der Waals surface area contributed by atoms with Crippen LogP contribution in [-0.2, 0) is 13.0 Å². The third kappa shape index (κ3) is 5.52. The lowest BCUT2D eigenvalue weighted by molar-refractivity contribution is 0.242. The Balaban J connectivity index is 1.84. The second-order valence-electron chi connectivity index (χ2n) is 5.81. The van der Waals surface area contributed by atoms with Crippen LogP contribution in [0.3, 0.4) is 0 Å². The minimum Gasteiger partial charge on any atom is -0.491 e. The van der Waals surface area contributed by atoms with Crippen LogP contribution >= 0.6 is 11.3 Å². The summed E-state index contributed by atoms with van der Waals surface area (Å²) in [5.74, 6) is 0.950. The summed E-state index contributed by atoms with van der Waals surface area (Å²) in [7, 11) is 0. The van der Waals surface area contributed by atoms with Gasteiger partial charge in [-0.3, -0.25) is 0 Å². The minimum absolute atomic E-state index is 0.217. The molecule has 0 saturated heterocycles. The number of ether oxygens (including phenoxy) is 1. The SMILES string of the molecule is Cc1ccc(CC(C)NCc2cccc(OC(C)C)c2)s1. The lowest BCUT2D eigenvalue weighted by Gasteiger charge is -2.14. The number of benzene rings is 1. The Kier molecular flexibility index (Phi) is 5.83. The van der Waals surface area contributed by atoms with E-state index in [1.165, 1.54) is 15.3 Å². The predicted octanol–water partition coefficient (Wildman–Crippen LogP) is 4.56. The van der Waals surface area contributed by atoms with E-state index in [4.69, 9.17) is 4.74 Å². The Morgan fingerprint density at radius 3 is 2.62 bits per heavy atom. The van der Waals surface area contributed by atoms with Crippen LogP contribution in [0.25, 0.3) is 0 Å². The van der Waals surface area contributed by atoms with Gasteiger partial charge in [-0.15, -0.1) is 11.3 Å². The standard InChI is InChI=1S/C18H25NOS/c1-13(2)20-17-7-5-6-16(11-17)12-19-14(3)10-18-9-8-15(4)21-18/h5-9,11,13-14,19H,10,12H2,1-4H3. The van der Waals surface area contributed by atoms with Gasteiger partial charge in [-0.05, 0) is 63.9 Å². The van der Waals surface area contributed by atoms with Crippen LogP contribution in [0.5, 0.6) is 5.75 Å². The minimum atomic E-state index is 0.217. The molecule has 2 rings (SSSR count). The summed E-state index contributed by atoms with van der Waals surface area (Å²) in [6.07, 6.45) is 1.30. The van der Waals surface area contributed by atoms with Crippen molar-refractivity contribution in [1.29, 1.82) is 0 Å². The first kappa shape index (κ1) is 16.1. The molecule has 1 N–H and O–H groups in total. The zero-order valence-electron chi connectivity index (χ0n) is 13.3. The average Bonchev–Trinajstić information content (AvgIpc) is 2.81. The van der Waals surface area contributed by atoms with Crippen molar-refractivity contribution in [2.24, 2.45) is 0 Å². The van der Waals surface area contributed by atoms with Gasteiger partial charge in [0.15, 0.2) is 0 Å². The predicted molar refractivity (Wildman–Crippen MR) is 91.3 cm³/mol.